The van der Waals surface area contributed by atoms with Crippen molar-refractivity contribution in [2.45, 2.75) is 24.7 Å². The molecule has 2 aliphatic rings. The minimum atomic E-state index is -0.609. The second-order valence-corrected chi connectivity index (χ2v) is 6.49. The normalized spacial score (nSPS) is 22.8. The van der Waals surface area contributed by atoms with Crippen molar-refractivity contribution in [3.05, 3.63) is 41.1 Å². The molecule has 0 radical (unpaired) electrons. The van der Waals surface area contributed by atoms with Crippen molar-refractivity contribution in [3.8, 4) is 0 Å². The first-order valence-corrected chi connectivity index (χ1v) is 9.05. The predicted octanol–water partition coefficient (Wildman–Crippen LogP) is 2.96. The summed E-state index contributed by atoms with van der Waals surface area (Å²) in [5.41, 5.74) is 2.70. The summed E-state index contributed by atoms with van der Waals surface area (Å²) in [4.78, 5) is 30.4. The fourth-order valence-electron chi connectivity index (χ4n) is 3.29. The molecular weight excluding hydrogens is 326 g/mol. The highest BCUT2D eigenvalue weighted by Gasteiger charge is 2.46. The summed E-state index contributed by atoms with van der Waals surface area (Å²) in [5, 5.41) is 0. The van der Waals surface area contributed by atoms with Crippen molar-refractivity contribution in [2.24, 2.45) is 10.9 Å². The second kappa shape index (κ2) is 6.81. The first-order chi connectivity index (χ1) is 11.6. The number of hydrogen-bond acceptors (Lipinski definition) is 6. The van der Waals surface area contributed by atoms with Crippen LogP contribution in [0.25, 0.3) is 0 Å². The summed E-state index contributed by atoms with van der Waals surface area (Å²) >= 11 is 1.59. The zero-order chi connectivity index (χ0) is 17.3. The molecule has 6 heteroatoms. The van der Waals surface area contributed by atoms with Crippen molar-refractivity contribution < 1.29 is 19.1 Å². The van der Waals surface area contributed by atoms with E-state index in [1.54, 1.807) is 18.7 Å². The maximum Gasteiger partial charge on any atom is 0.337 e. The van der Waals surface area contributed by atoms with Gasteiger partial charge in [0.05, 0.1) is 17.9 Å². The number of carbonyl (C=O) groups excluding carboxylic acids is 2. The average molecular weight is 345 g/mol. The summed E-state index contributed by atoms with van der Waals surface area (Å²) in [5.74, 6) is -1.78. The zero-order valence-corrected chi connectivity index (χ0v) is 14.7. The second-order valence-electron chi connectivity index (χ2n) is 5.64. The molecular formula is C18H19NO4S. The number of cyclic esters (lactones) is 1. The highest BCUT2D eigenvalue weighted by Crippen LogP contribution is 2.44. The third-order valence-electron chi connectivity index (χ3n) is 4.29. The first-order valence-electron chi connectivity index (χ1n) is 7.83. The molecule has 5 nitrogen and oxygen atoms in total. The van der Waals surface area contributed by atoms with Gasteiger partial charge in [-0.25, -0.2) is 4.79 Å². The van der Waals surface area contributed by atoms with Gasteiger partial charge in [0.2, 0.25) is 0 Å². The predicted molar refractivity (Wildman–Crippen MR) is 92.2 cm³/mol. The van der Waals surface area contributed by atoms with Gasteiger partial charge in [-0.1, -0.05) is 18.2 Å². The Balaban J connectivity index is 2.17. The number of benzene rings is 1. The summed E-state index contributed by atoms with van der Waals surface area (Å²) in [6.45, 7) is 4.03. The molecule has 0 saturated heterocycles. The minimum Gasteiger partial charge on any atom is -0.465 e. The molecule has 0 spiro atoms. The third-order valence-corrected chi connectivity index (χ3v) is 5.10. The molecule has 0 fully saturated rings. The number of rotatable bonds is 4. The van der Waals surface area contributed by atoms with Crippen LogP contribution in [0, 0.1) is 5.92 Å². The highest BCUT2D eigenvalue weighted by atomic mass is 32.2. The van der Waals surface area contributed by atoms with Crippen molar-refractivity contribution in [1.29, 1.82) is 0 Å². The summed E-state index contributed by atoms with van der Waals surface area (Å²) in [7, 11) is 0. The smallest absolute Gasteiger partial charge is 0.337 e. The van der Waals surface area contributed by atoms with Crippen molar-refractivity contribution in [3.63, 3.8) is 0 Å². The summed E-state index contributed by atoms with van der Waals surface area (Å²) in [6.07, 6.45) is 1.98. The summed E-state index contributed by atoms with van der Waals surface area (Å²) < 4.78 is 10.4. The fourth-order valence-corrected chi connectivity index (χ4v) is 3.94. The van der Waals surface area contributed by atoms with Gasteiger partial charge in [-0.3, -0.25) is 9.79 Å². The Kier molecular flexibility index (Phi) is 4.76. The van der Waals surface area contributed by atoms with E-state index in [4.69, 9.17) is 9.47 Å². The number of esters is 2. The van der Waals surface area contributed by atoms with Gasteiger partial charge in [-0.15, -0.1) is 11.8 Å². The number of ether oxygens (including phenoxy) is 2. The minimum absolute atomic E-state index is 0.166. The monoisotopic (exact) mass is 345 g/mol. The molecule has 2 atom stereocenters. The van der Waals surface area contributed by atoms with Crippen LogP contribution >= 0.6 is 11.8 Å². The molecule has 0 saturated carbocycles. The number of nitrogens with zero attached hydrogens (tertiary/aromatic N) is 1. The van der Waals surface area contributed by atoms with Crippen molar-refractivity contribution in [1.82, 2.24) is 0 Å². The molecule has 2 heterocycles. The molecule has 126 valence electrons. The molecule has 24 heavy (non-hydrogen) atoms. The van der Waals surface area contributed by atoms with E-state index in [-0.39, 0.29) is 19.2 Å². The SMILES string of the molecule is CCOC(=O)C1C(C)=NC2=C(C(=O)OC2)C1c1ccccc1SC. The Morgan fingerprint density at radius 1 is 1.42 bits per heavy atom. The first kappa shape index (κ1) is 16.8. The van der Waals surface area contributed by atoms with E-state index >= 15 is 0 Å². The highest BCUT2D eigenvalue weighted by molar-refractivity contribution is 7.98. The number of hydrogen-bond donors (Lipinski definition) is 0. The fraction of sp³-hybridized carbons (Fsp3) is 0.389. The maximum atomic E-state index is 12.6. The Bertz CT molecular complexity index is 753. The zero-order valence-electron chi connectivity index (χ0n) is 13.9. The van der Waals surface area contributed by atoms with Gasteiger partial charge in [-0.05, 0) is 31.7 Å². The Morgan fingerprint density at radius 2 is 2.17 bits per heavy atom. The van der Waals surface area contributed by atoms with Gasteiger partial charge in [0.25, 0.3) is 0 Å². The lowest BCUT2D eigenvalue weighted by Crippen LogP contribution is -2.35. The average Bonchev–Trinajstić information content (AvgIpc) is 2.94. The van der Waals surface area contributed by atoms with E-state index in [1.807, 2.05) is 37.4 Å². The quantitative estimate of drug-likeness (QED) is 0.620. The largest absolute Gasteiger partial charge is 0.465 e. The van der Waals surface area contributed by atoms with Crippen LogP contribution in [0.4, 0.5) is 0 Å². The molecule has 0 N–H and O–H groups in total. The van der Waals surface area contributed by atoms with E-state index in [0.717, 1.165) is 10.5 Å². The van der Waals surface area contributed by atoms with Crippen LogP contribution in [0.5, 0.6) is 0 Å². The van der Waals surface area contributed by atoms with Gasteiger partial charge in [-0.2, -0.15) is 0 Å². The van der Waals surface area contributed by atoms with Gasteiger partial charge in [0, 0.05) is 16.5 Å². The van der Waals surface area contributed by atoms with Gasteiger partial charge < -0.3 is 9.47 Å². The Morgan fingerprint density at radius 3 is 2.88 bits per heavy atom. The van der Waals surface area contributed by atoms with Crippen LogP contribution in [0.15, 0.2) is 45.4 Å². The lowest BCUT2D eigenvalue weighted by Gasteiger charge is -2.30. The number of thioether (sulfide) groups is 1. The van der Waals surface area contributed by atoms with Gasteiger partial charge in [0.1, 0.15) is 12.5 Å². The molecule has 0 amide bonds. The standard InChI is InChI=1S/C18H19NO4S/c1-4-22-17(20)14-10(2)19-12-9-23-18(21)16(12)15(14)11-7-5-6-8-13(11)24-3/h5-8,14-15H,4,9H2,1-3H3. The molecule has 0 bridgehead atoms. The maximum absolute atomic E-state index is 12.6. The topological polar surface area (TPSA) is 65.0 Å². The molecule has 2 unspecified atom stereocenters. The van der Waals surface area contributed by atoms with Gasteiger partial charge >= 0.3 is 11.9 Å². The van der Waals surface area contributed by atoms with Crippen LogP contribution < -0.4 is 0 Å². The summed E-state index contributed by atoms with van der Waals surface area (Å²) in [6, 6.07) is 7.81. The van der Waals surface area contributed by atoms with E-state index < -0.39 is 17.8 Å². The van der Waals surface area contributed by atoms with Crippen LogP contribution in [-0.4, -0.2) is 37.1 Å². The molecule has 1 aromatic rings. The van der Waals surface area contributed by atoms with Gasteiger partial charge in [0.15, 0.2) is 0 Å². The van der Waals surface area contributed by atoms with E-state index in [2.05, 4.69) is 4.99 Å². The Hall–Kier alpha value is -2.08. The van der Waals surface area contributed by atoms with Crippen LogP contribution in [0.2, 0.25) is 0 Å². The molecule has 1 aromatic carbocycles. The molecule has 0 aliphatic carbocycles. The van der Waals surface area contributed by atoms with Crippen molar-refractivity contribution in [2.75, 3.05) is 19.5 Å². The molecule has 2 aliphatic heterocycles. The van der Waals surface area contributed by atoms with Crippen molar-refractivity contribution >= 4 is 29.4 Å². The van der Waals surface area contributed by atoms with E-state index in [9.17, 15) is 9.59 Å². The van der Waals surface area contributed by atoms with E-state index in [1.165, 1.54) is 0 Å². The van der Waals surface area contributed by atoms with E-state index in [0.29, 0.717) is 17.0 Å². The number of aliphatic imine (C=N–C) groups is 1. The van der Waals surface area contributed by atoms with Crippen LogP contribution in [0.3, 0.4) is 0 Å². The van der Waals surface area contributed by atoms with Crippen LogP contribution in [-0.2, 0) is 19.1 Å². The molecule has 3 rings (SSSR count). The van der Waals surface area contributed by atoms with Crippen LogP contribution in [0.1, 0.15) is 25.3 Å². The Labute approximate surface area is 145 Å². The lowest BCUT2D eigenvalue weighted by atomic mass is 9.76. The lowest BCUT2D eigenvalue weighted by molar-refractivity contribution is -0.146. The third kappa shape index (κ3) is 2.75. The molecule has 0 aromatic heterocycles. The number of carbonyl (C=O) groups is 2.